The maximum absolute atomic E-state index is 5.60. The molecule has 0 aliphatic carbocycles. The molecule has 1 aliphatic rings. The van der Waals surface area contributed by atoms with Crippen LogP contribution in [0.2, 0.25) is 0 Å². The van der Waals surface area contributed by atoms with E-state index in [2.05, 4.69) is 17.4 Å². The minimum absolute atomic E-state index is 0.173. The third kappa shape index (κ3) is 2.94. The zero-order valence-corrected chi connectivity index (χ0v) is 9.03. The molecule has 0 amide bonds. The standard InChI is InChI=1S/C12H17NO2/c1-14-11-5-3-10(4-6-11)9-12-13-7-2-8-15-12/h3-6,12-13H,2,7-9H2,1H3. The second kappa shape index (κ2) is 5.14. The van der Waals surface area contributed by atoms with Crippen molar-refractivity contribution in [2.75, 3.05) is 20.3 Å². The molecule has 1 unspecified atom stereocenters. The van der Waals surface area contributed by atoms with Crippen LogP contribution in [0.5, 0.6) is 5.75 Å². The minimum Gasteiger partial charge on any atom is -0.497 e. The van der Waals surface area contributed by atoms with Gasteiger partial charge in [0.1, 0.15) is 12.0 Å². The molecule has 82 valence electrons. The van der Waals surface area contributed by atoms with E-state index in [9.17, 15) is 0 Å². The van der Waals surface area contributed by atoms with Gasteiger partial charge in [-0.05, 0) is 30.7 Å². The molecule has 2 rings (SSSR count). The zero-order valence-electron chi connectivity index (χ0n) is 9.03. The molecule has 15 heavy (non-hydrogen) atoms. The quantitative estimate of drug-likeness (QED) is 0.816. The van der Waals surface area contributed by atoms with Gasteiger partial charge in [0.05, 0.1) is 7.11 Å². The van der Waals surface area contributed by atoms with E-state index in [1.807, 2.05) is 12.1 Å². The highest BCUT2D eigenvalue weighted by Gasteiger charge is 2.12. The predicted octanol–water partition coefficient (Wildman–Crippen LogP) is 1.57. The summed E-state index contributed by atoms with van der Waals surface area (Å²) in [5.74, 6) is 0.899. The van der Waals surface area contributed by atoms with E-state index in [0.717, 1.165) is 31.7 Å². The van der Waals surface area contributed by atoms with Crippen LogP contribution in [-0.2, 0) is 11.2 Å². The van der Waals surface area contributed by atoms with Gasteiger partial charge in [0.15, 0.2) is 0 Å². The highest BCUT2D eigenvalue weighted by atomic mass is 16.5. The number of hydrogen-bond donors (Lipinski definition) is 1. The summed E-state index contributed by atoms with van der Waals surface area (Å²) >= 11 is 0. The zero-order chi connectivity index (χ0) is 10.5. The monoisotopic (exact) mass is 207 g/mol. The molecule has 3 heteroatoms. The number of rotatable bonds is 3. The van der Waals surface area contributed by atoms with Crippen molar-refractivity contribution >= 4 is 0 Å². The second-order valence-electron chi connectivity index (χ2n) is 3.72. The Labute approximate surface area is 90.4 Å². The molecular formula is C12H17NO2. The summed E-state index contributed by atoms with van der Waals surface area (Å²) in [6.07, 6.45) is 2.20. The first-order valence-electron chi connectivity index (χ1n) is 5.36. The van der Waals surface area contributed by atoms with E-state index in [1.165, 1.54) is 5.56 Å². The normalized spacial score (nSPS) is 21.3. The number of hydrogen-bond acceptors (Lipinski definition) is 3. The number of benzene rings is 1. The van der Waals surface area contributed by atoms with E-state index < -0.39 is 0 Å². The Kier molecular flexibility index (Phi) is 3.59. The van der Waals surface area contributed by atoms with E-state index in [1.54, 1.807) is 7.11 Å². The average Bonchev–Trinajstić information content (AvgIpc) is 2.31. The lowest BCUT2D eigenvalue weighted by molar-refractivity contribution is 0.00194. The molecule has 0 spiro atoms. The number of ether oxygens (including phenoxy) is 2. The van der Waals surface area contributed by atoms with Gasteiger partial charge in [0, 0.05) is 13.0 Å². The Hall–Kier alpha value is -1.06. The van der Waals surface area contributed by atoms with E-state index in [-0.39, 0.29) is 6.23 Å². The van der Waals surface area contributed by atoms with Crippen LogP contribution in [0.15, 0.2) is 24.3 Å². The fraction of sp³-hybridized carbons (Fsp3) is 0.500. The molecule has 0 bridgehead atoms. The van der Waals surface area contributed by atoms with Crippen LogP contribution in [-0.4, -0.2) is 26.5 Å². The molecule has 1 N–H and O–H groups in total. The first-order chi connectivity index (χ1) is 7.38. The first kappa shape index (κ1) is 10.5. The van der Waals surface area contributed by atoms with Gasteiger partial charge in [-0.1, -0.05) is 12.1 Å². The third-order valence-electron chi connectivity index (χ3n) is 2.59. The molecule has 1 aromatic carbocycles. The fourth-order valence-corrected chi connectivity index (χ4v) is 1.73. The van der Waals surface area contributed by atoms with Gasteiger partial charge in [0.25, 0.3) is 0 Å². The predicted molar refractivity (Wildman–Crippen MR) is 59.1 cm³/mol. The summed E-state index contributed by atoms with van der Waals surface area (Å²) in [7, 11) is 1.68. The van der Waals surface area contributed by atoms with Gasteiger partial charge in [-0.15, -0.1) is 0 Å². The maximum Gasteiger partial charge on any atom is 0.118 e. The lowest BCUT2D eigenvalue weighted by Crippen LogP contribution is -2.39. The van der Waals surface area contributed by atoms with Gasteiger partial charge >= 0.3 is 0 Å². The summed E-state index contributed by atoms with van der Waals surface area (Å²) in [5, 5.41) is 3.34. The van der Waals surface area contributed by atoms with Crippen LogP contribution < -0.4 is 10.1 Å². The van der Waals surface area contributed by atoms with E-state index >= 15 is 0 Å². The Morgan fingerprint density at radius 3 is 2.80 bits per heavy atom. The first-order valence-corrected chi connectivity index (χ1v) is 5.36. The highest BCUT2D eigenvalue weighted by molar-refractivity contribution is 5.27. The van der Waals surface area contributed by atoms with Crippen molar-refractivity contribution in [2.24, 2.45) is 0 Å². The Morgan fingerprint density at radius 1 is 1.40 bits per heavy atom. The molecule has 0 aromatic heterocycles. The van der Waals surface area contributed by atoms with Gasteiger partial charge in [-0.3, -0.25) is 5.32 Å². The fourth-order valence-electron chi connectivity index (χ4n) is 1.73. The molecule has 3 nitrogen and oxygen atoms in total. The van der Waals surface area contributed by atoms with Gasteiger partial charge in [-0.2, -0.15) is 0 Å². The van der Waals surface area contributed by atoms with Crippen LogP contribution in [0.4, 0.5) is 0 Å². The summed E-state index contributed by atoms with van der Waals surface area (Å²) in [5.41, 5.74) is 1.27. The molecule has 1 saturated heterocycles. The lowest BCUT2D eigenvalue weighted by atomic mass is 10.1. The van der Waals surface area contributed by atoms with Crippen molar-refractivity contribution in [2.45, 2.75) is 19.1 Å². The van der Waals surface area contributed by atoms with Crippen molar-refractivity contribution in [1.82, 2.24) is 5.32 Å². The van der Waals surface area contributed by atoms with Gasteiger partial charge in [-0.25, -0.2) is 0 Å². The van der Waals surface area contributed by atoms with Gasteiger partial charge < -0.3 is 9.47 Å². The van der Waals surface area contributed by atoms with Crippen molar-refractivity contribution in [3.05, 3.63) is 29.8 Å². The SMILES string of the molecule is COc1ccc(CC2NCCCO2)cc1. The molecule has 0 radical (unpaired) electrons. The largest absolute Gasteiger partial charge is 0.497 e. The molecule has 1 atom stereocenters. The summed E-state index contributed by atoms with van der Waals surface area (Å²) in [6.45, 7) is 1.93. The average molecular weight is 207 g/mol. The molecule has 1 aromatic rings. The molecule has 1 fully saturated rings. The highest BCUT2D eigenvalue weighted by Crippen LogP contribution is 2.13. The Balaban J connectivity index is 1.91. The topological polar surface area (TPSA) is 30.5 Å². The lowest BCUT2D eigenvalue weighted by Gasteiger charge is -2.24. The smallest absolute Gasteiger partial charge is 0.118 e. The van der Waals surface area contributed by atoms with Crippen molar-refractivity contribution in [3.8, 4) is 5.75 Å². The maximum atomic E-state index is 5.60. The van der Waals surface area contributed by atoms with Crippen molar-refractivity contribution in [1.29, 1.82) is 0 Å². The third-order valence-corrected chi connectivity index (χ3v) is 2.59. The van der Waals surface area contributed by atoms with Crippen LogP contribution in [0, 0.1) is 0 Å². The van der Waals surface area contributed by atoms with Crippen molar-refractivity contribution < 1.29 is 9.47 Å². The molecular weight excluding hydrogens is 190 g/mol. The Bertz CT molecular complexity index is 291. The number of methoxy groups -OCH3 is 1. The van der Waals surface area contributed by atoms with Crippen molar-refractivity contribution in [3.63, 3.8) is 0 Å². The summed E-state index contributed by atoms with van der Waals surface area (Å²) < 4.78 is 10.7. The van der Waals surface area contributed by atoms with E-state index in [4.69, 9.17) is 9.47 Å². The molecule has 0 saturated carbocycles. The number of nitrogens with one attached hydrogen (secondary N) is 1. The van der Waals surface area contributed by atoms with Crippen LogP contribution in [0.1, 0.15) is 12.0 Å². The second-order valence-corrected chi connectivity index (χ2v) is 3.72. The molecule has 1 aliphatic heterocycles. The van der Waals surface area contributed by atoms with Crippen LogP contribution in [0.25, 0.3) is 0 Å². The molecule has 1 heterocycles. The van der Waals surface area contributed by atoms with Crippen LogP contribution >= 0.6 is 0 Å². The summed E-state index contributed by atoms with van der Waals surface area (Å²) in [4.78, 5) is 0. The van der Waals surface area contributed by atoms with Gasteiger partial charge in [0.2, 0.25) is 0 Å². The minimum atomic E-state index is 0.173. The Morgan fingerprint density at radius 2 is 2.20 bits per heavy atom. The van der Waals surface area contributed by atoms with E-state index in [0.29, 0.717) is 0 Å². The van der Waals surface area contributed by atoms with Crippen LogP contribution in [0.3, 0.4) is 0 Å². The summed E-state index contributed by atoms with van der Waals surface area (Å²) in [6, 6.07) is 8.13.